The van der Waals surface area contributed by atoms with Crippen molar-refractivity contribution >= 4 is 32.6 Å². The molecule has 8 nitrogen and oxygen atoms in total. The summed E-state index contributed by atoms with van der Waals surface area (Å²) in [5.41, 5.74) is 0.0866. The Labute approximate surface area is 179 Å². The van der Waals surface area contributed by atoms with Gasteiger partial charge in [0.25, 0.3) is 5.91 Å². The first-order valence-electron chi connectivity index (χ1n) is 9.99. The van der Waals surface area contributed by atoms with Crippen LogP contribution < -0.4 is 15.7 Å². The molecular formula is C22H22N2O6S. The Morgan fingerprint density at radius 2 is 1.77 bits per heavy atom. The monoisotopic (exact) mass is 442 g/mol. The minimum atomic E-state index is -3.70. The van der Waals surface area contributed by atoms with Crippen molar-refractivity contribution in [3.63, 3.8) is 0 Å². The topological polar surface area (TPSA) is 106 Å². The van der Waals surface area contributed by atoms with Gasteiger partial charge in [0.2, 0.25) is 10.0 Å². The van der Waals surface area contributed by atoms with Gasteiger partial charge in [0.15, 0.2) is 6.61 Å². The SMILES string of the molecule is O=C(COc1ccc2ccc(=O)oc2c1)Nc1ccccc1S(=O)(=O)N1CCCCC1. The molecule has 1 amide bonds. The number of para-hydroxylation sites is 1. The average Bonchev–Trinajstić information content (AvgIpc) is 2.78. The second-order valence-corrected chi connectivity index (χ2v) is 9.16. The highest BCUT2D eigenvalue weighted by Gasteiger charge is 2.28. The predicted octanol–water partition coefficient (Wildman–Crippen LogP) is 2.99. The van der Waals surface area contributed by atoms with Gasteiger partial charge in [-0.3, -0.25) is 4.79 Å². The molecule has 0 spiro atoms. The van der Waals surface area contributed by atoms with Gasteiger partial charge >= 0.3 is 5.63 Å². The third-order valence-corrected chi connectivity index (χ3v) is 7.02. The molecule has 1 aliphatic heterocycles. The smallest absolute Gasteiger partial charge is 0.336 e. The summed E-state index contributed by atoms with van der Waals surface area (Å²) < 4.78 is 38.1. The summed E-state index contributed by atoms with van der Waals surface area (Å²) in [7, 11) is -3.70. The molecule has 0 radical (unpaired) electrons. The van der Waals surface area contributed by atoms with Gasteiger partial charge in [-0.1, -0.05) is 18.6 Å². The molecule has 0 atom stereocenters. The predicted molar refractivity (Wildman–Crippen MR) is 116 cm³/mol. The molecule has 1 saturated heterocycles. The molecule has 0 aliphatic carbocycles. The van der Waals surface area contributed by atoms with E-state index in [2.05, 4.69) is 5.32 Å². The summed E-state index contributed by atoms with van der Waals surface area (Å²) in [6.45, 7) is 0.623. The molecule has 4 rings (SSSR count). The van der Waals surface area contributed by atoms with E-state index in [9.17, 15) is 18.0 Å². The van der Waals surface area contributed by atoms with Crippen LogP contribution in [0.5, 0.6) is 5.75 Å². The third-order valence-electron chi connectivity index (χ3n) is 5.06. The number of ether oxygens (including phenoxy) is 1. The summed E-state index contributed by atoms with van der Waals surface area (Å²) in [6, 6.07) is 14.2. The molecule has 2 heterocycles. The fourth-order valence-corrected chi connectivity index (χ4v) is 5.17. The van der Waals surface area contributed by atoms with E-state index >= 15 is 0 Å². The lowest BCUT2D eigenvalue weighted by Gasteiger charge is -2.26. The Bertz CT molecular complexity index is 1260. The lowest BCUT2D eigenvalue weighted by molar-refractivity contribution is -0.118. The molecule has 3 aromatic rings. The highest BCUT2D eigenvalue weighted by molar-refractivity contribution is 7.89. The Morgan fingerprint density at radius 3 is 2.58 bits per heavy atom. The van der Waals surface area contributed by atoms with Gasteiger partial charge in [0, 0.05) is 30.6 Å². The van der Waals surface area contributed by atoms with Crippen LogP contribution >= 0.6 is 0 Å². The summed E-state index contributed by atoms with van der Waals surface area (Å²) >= 11 is 0. The highest BCUT2D eigenvalue weighted by atomic mass is 32.2. The van der Waals surface area contributed by atoms with Crippen molar-refractivity contribution in [2.75, 3.05) is 25.0 Å². The summed E-state index contributed by atoms with van der Waals surface area (Å²) in [5, 5.41) is 3.36. The zero-order valence-electron chi connectivity index (χ0n) is 16.7. The lowest BCUT2D eigenvalue weighted by Crippen LogP contribution is -2.36. The van der Waals surface area contributed by atoms with Crippen molar-refractivity contribution in [2.24, 2.45) is 0 Å². The Hall–Kier alpha value is -3.17. The van der Waals surface area contributed by atoms with Gasteiger partial charge in [0.05, 0.1) is 5.69 Å². The van der Waals surface area contributed by atoms with Gasteiger partial charge in [-0.15, -0.1) is 0 Å². The van der Waals surface area contributed by atoms with Gasteiger partial charge in [-0.2, -0.15) is 4.31 Å². The number of carbonyl (C=O) groups excluding carboxylic acids is 1. The number of fused-ring (bicyclic) bond motifs is 1. The van der Waals surface area contributed by atoms with Crippen LogP contribution in [-0.4, -0.2) is 38.3 Å². The number of benzene rings is 2. The molecule has 162 valence electrons. The van der Waals surface area contributed by atoms with Crippen molar-refractivity contribution in [1.29, 1.82) is 0 Å². The van der Waals surface area contributed by atoms with Crippen LogP contribution in [0.25, 0.3) is 11.0 Å². The fourth-order valence-electron chi connectivity index (χ4n) is 3.51. The number of hydrogen-bond donors (Lipinski definition) is 1. The molecule has 0 saturated carbocycles. The average molecular weight is 442 g/mol. The molecule has 1 fully saturated rings. The Morgan fingerprint density at radius 1 is 1.03 bits per heavy atom. The number of sulfonamides is 1. The number of nitrogens with one attached hydrogen (secondary N) is 1. The second-order valence-electron chi connectivity index (χ2n) is 7.25. The molecule has 9 heteroatoms. The Kier molecular flexibility index (Phi) is 6.06. The third kappa shape index (κ3) is 4.78. The zero-order chi connectivity index (χ0) is 21.8. The largest absolute Gasteiger partial charge is 0.484 e. The molecular weight excluding hydrogens is 420 g/mol. The second kappa shape index (κ2) is 8.91. The number of carbonyl (C=O) groups is 1. The number of piperidine rings is 1. The maximum atomic E-state index is 13.0. The number of nitrogens with zero attached hydrogens (tertiary/aromatic N) is 1. The van der Waals surface area contributed by atoms with Crippen LogP contribution in [0.4, 0.5) is 5.69 Å². The van der Waals surface area contributed by atoms with Gasteiger partial charge < -0.3 is 14.5 Å². The number of hydrogen-bond acceptors (Lipinski definition) is 6. The first kappa shape index (κ1) is 21.1. The molecule has 0 bridgehead atoms. The molecule has 1 N–H and O–H groups in total. The summed E-state index contributed by atoms with van der Waals surface area (Å²) in [4.78, 5) is 23.9. The van der Waals surface area contributed by atoms with Gasteiger partial charge in [-0.25, -0.2) is 13.2 Å². The first-order valence-corrected chi connectivity index (χ1v) is 11.4. The number of anilines is 1. The van der Waals surface area contributed by atoms with Gasteiger partial charge in [0.1, 0.15) is 16.2 Å². The van der Waals surface area contributed by atoms with Crippen LogP contribution in [0.3, 0.4) is 0 Å². The van der Waals surface area contributed by atoms with Crippen LogP contribution in [0.1, 0.15) is 19.3 Å². The molecule has 1 aliphatic rings. The molecule has 0 unspecified atom stereocenters. The van der Waals surface area contributed by atoms with E-state index in [1.54, 1.807) is 36.4 Å². The van der Waals surface area contributed by atoms with Crippen molar-refractivity contribution in [3.8, 4) is 5.75 Å². The number of amides is 1. The maximum Gasteiger partial charge on any atom is 0.336 e. The molecule has 2 aromatic carbocycles. The van der Waals surface area contributed by atoms with Gasteiger partial charge in [-0.05, 0) is 43.2 Å². The van der Waals surface area contributed by atoms with E-state index in [0.29, 0.717) is 24.4 Å². The quantitative estimate of drug-likeness (QED) is 0.589. The minimum Gasteiger partial charge on any atom is -0.484 e. The van der Waals surface area contributed by atoms with E-state index in [1.165, 1.54) is 22.5 Å². The lowest BCUT2D eigenvalue weighted by atomic mass is 10.2. The van der Waals surface area contributed by atoms with Crippen molar-refractivity contribution in [2.45, 2.75) is 24.2 Å². The van der Waals surface area contributed by atoms with Crippen LogP contribution in [0.15, 0.2) is 68.7 Å². The van der Waals surface area contributed by atoms with Crippen LogP contribution in [0, 0.1) is 0 Å². The van der Waals surface area contributed by atoms with E-state index in [4.69, 9.17) is 9.15 Å². The molecule has 1 aromatic heterocycles. The van der Waals surface area contributed by atoms with E-state index in [1.807, 2.05) is 0 Å². The summed E-state index contributed by atoms with van der Waals surface area (Å²) in [6.07, 6.45) is 2.67. The van der Waals surface area contributed by atoms with Crippen LogP contribution in [0.2, 0.25) is 0 Å². The fraction of sp³-hybridized carbons (Fsp3) is 0.273. The minimum absolute atomic E-state index is 0.0673. The van der Waals surface area contributed by atoms with Crippen molar-refractivity contribution in [1.82, 2.24) is 4.31 Å². The highest BCUT2D eigenvalue weighted by Crippen LogP contribution is 2.27. The molecule has 31 heavy (non-hydrogen) atoms. The van der Waals surface area contributed by atoms with Crippen molar-refractivity contribution < 1.29 is 22.4 Å². The maximum absolute atomic E-state index is 13.0. The zero-order valence-corrected chi connectivity index (χ0v) is 17.6. The van der Waals surface area contributed by atoms with E-state index < -0.39 is 21.6 Å². The Balaban J connectivity index is 1.46. The van der Waals surface area contributed by atoms with E-state index in [-0.39, 0.29) is 17.2 Å². The van der Waals surface area contributed by atoms with Crippen molar-refractivity contribution in [3.05, 3.63) is 65.0 Å². The van der Waals surface area contributed by atoms with E-state index in [0.717, 1.165) is 24.6 Å². The normalized spacial score (nSPS) is 15.0. The standard InChI is InChI=1S/C22H22N2O6S/c25-21(15-29-17-10-8-16-9-11-22(26)30-19(16)14-17)23-18-6-2-3-7-20(18)31(27,28)24-12-4-1-5-13-24/h2-3,6-11,14H,1,4-5,12-13,15H2,(H,23,25). The first-order chi connectivity index (χ1) is 14.9. The van der Waals surface area contributed by atoms with Crippen LogP contribution in [-0.2, 0) is 14.8 Å². The summed E-state index contributed by atoms with van der Waals surface area (Å²) in [5.74, 6) is -0.151. The number of rotatable bonds is 6.